The minimum Gasteiger partial charge on any atom is -0.368 e. The molecular weight excluding hydrogens is 162 g/mol. The van der Waals surface area contributed by atoms with Gasteiger partial charge in [-0.25, -0.2) is 0 Å². The first-order valence-electron chi connectivity index (χ1n) is 4.91. The molecule has 0 saturated heterocycles. The number of ether oxygens (including phenoxy) is 1. The van der Waals surface area contributed by atoms with Gasteiger partial charge in [-0.3, -0.25) is 0 Å². The second kappa shape index (κ2) is 4.58. The van der Waals surface area contributed by atoms with Gasteiger partial charge in [0.05, 0.1) is 0 Å². The number of rotatable bonds is 4. The normalized spacial score (nSPS) is 21.8. The van der Waals surface area contributed by atoms with Crippen LogP contribution in [-0.2, 0) is 4.74 Å². The van der Waals surface area contributed by atoms with Gasteiger partial charge in [-0.1, -0.05) is 37.6 Å². The molecule has 0 aromatic rings. The van der Waals surface area contributed by atoms with Crippen molar-refractivity contribution in [1.29, 1.82) is 0 Å². The highest BCUT2D eigenvalue weighted by Gasteiger charge is 2.31. The predicted molar refractivity (Wildman–Crippen MR) is 55.5 cm³/mol. The van der Waals surface area contributed by atoms with Gasteiger partial charge in [-0.15, -0.1) is 0 Å². The van der Waals surface area contributed by atoms with E-state index in [1.54, 1.807) is 7.11 Å². The van der Waals surface area contributed by atoms with Crippen molar-refractivity contribution in [2.45, 2.75) is 37.8 Å². The summed E-state index contributed by atoms with van der Waals surface area (Å²) >= 11 is 0. The SMILES string of the molecule is CCCC(N)C1(OC)C=CCC=C1. The molecular formula is C11H19NO. The highest BCUT2D eigenvalue weighted by Crippen LogP contribution is 2.24. The highest BCUT2D eigenvalue weighted by atomic mass is 16.5. The first-order chi connectivity index (χ1) is 6.25. The van der Waals surface area contributed by atoms with Crippen LogP contribution >= 0.6 is 0 Å². The Hall–Kier alpha value is -0.600. The van der Waals surface area contributed by atoms with Gasteiger partial charge in [0.1, 0.15) is 5.60 Å². The zero-order valence-electron chi connectivity index (χ0n) is 8.49. The monoisotopic (exact) mass is 181 g/mol. The molecule has 1 unspecified atom stereocenters. The van der Waals surface area contributed by atoms with E-state index in [0.29, 0.717) is 0 Å². The molecule has 1 aliphatic carbocycles. The van der Waals surface area contributed by atoms with Crippen molar-refractivity contribution in [3.63, 3.8) is 0 Å². The van der Waals surface area contributed by atoms with Crippen LogP contribution in [-0.4, -0.2) is 18.8 Å². The van der Waals surface area contributed by atoms with Crippen molar-refractivity contribution in [3.8, 4) is 0 Å². The number of nitrogens with two attached hydrogens (primary N) is 1. The van der Waals surface area contributed by atoms with Gasteiger partial charge in [0.25, 0.3) is 0 Å². The van der Waals surface area contributed by atoms with Crippen molar-refractivity contribution in [2.24, 2.45) is 5.73 Å². The predicted octanol–water partition coefficient (Wildman–Crippen LogP) is 2.02. The maximum Gasteiger partial charge on any atom is 0.119 e. The van der Waals surface area contributed by atoms with Crippen molar-refractivity contribution < 1.29 is 4.74 Å². The Kier molecular flexibility index (Phi) is 3.70. The standard InChI is InChI=1S/C11H19NO/c1-3-7-10(12)11(13-2)8-5-4-6-9-11/h5-6,8-10H,3-4,7,12H2,1-2H3. The average molecular weight is 181 g/mol. The summed E-state index contributed by atoms with van der Waals surface area (Å²) in [5.41, 5.74) is 5.72. The first-order valence-corrected chi connectivity index (χ1v) is 4.91. The van der Waals surface area contributed by atoms with Gasteiger partial charge in [-0.05, 0) is 12.8 Å². The van der Waals surface area contributed by atoms with Gasteiger partial charge in [0, 0.05) is 13.2 Å². The van der Waals surface area contributed by atoms with Crippen molar-refractivity contribution in [2.75, 3.05) is 7.11 Å². The van der Waals surface area contributed by atoms with E-state index < -0.39 is 0 Å². The summed E-state index contributed by atoms with van der Waals surface area (Å²) in [6.07, 6.45) is 11.4. The van der Waals surface area contributed by atoms with E-state index in [2.05, 4.69) is 31.2 Å². The summed E-state index contributed by atoms with van der Waals surface area (Å²) in [5, 5.41) is 0. The molecule has 74 valence electrons. The molecule has 0 saturated carbocycles. The van der Waals surface area contributed by atoms with Crippen LogP contribution in [0.5, 0.6) is 0 Å². The third-order valence-electron chi connectivity index (χ3n) is 2.56. The van der Waals surface area contributed by atoms with E-state index >= 15 is 0 Å². The summed E-state index contributed by atoms with van der Waals surface area (Å²) in [7, 11) is 1.72. The Morgan fingerprint density at radius 2 is 2.08 bits per heavy atom. The molecule has 0 aromatic heterocycles. The van der Waals surface area contributed by atoms with Crippen LogP contribution in [0.4, 0.5) is 0 Å². The van der Waals surface area contributed by atoms with Gasteiger partial charge in [0.15, 0.2) is 0 Å². The fourth-order valence-corrected chi connectivity index (χ4v) is 1.71. The lowest BCUT2D eigenvalue weighted by atomic mass is 9.87. The van der Waals surface area contributed by atoms with Crippen molar-refractivity contribution >= 4 is 0 Å². The van der Waals surface area contributed by atoms with Crippen LogP contribution in [0.1, 0.15) is 26.2 Å². The lowest BCUT2D eigenvalue weighted by Gasteiger charge is -2.33. The molecule has 0 aromatic carbocycles. The molecule has 0 spiro atoms. The minimum atomic E-state index is -0.353. The molecule has 2 nitrogen and oxygen atoms in total. The van der Waals surface area contributed by atoms with Crippen molar-refractivity contribution in [1.82, 2.24) is 0 Å². The zero-order valence-corrected chi connectivity index (χ0v) is 8.49. The molecule has 0 bridgehead atoms. The van der Waals surface area contributed by atoms with E-state index in [4.69, 9.17) is 10.5 Å². The Morgan fingerprint density at radius 1 is 1.46 bits per heavy atom. The summed E-state index contributed by atoms with van der Waals surface area (Å²) in [4.78, 5) is 0. The van der Waals surface area contributed by atoms with Gasteiger partial charge >= 0.3 is 0 Å². The molecule has 2 heteroatoms. The number of hydrogen-bond acceptors (Lipinski definition) is 2. The Bertz CT molecular complexity index is 196. The second-order valence-corrected chi connectivity index (χ2v) is 3.49. The lowest BCUT2D eigenvalue weighted by molar-refractivity contribution is 0.0474. The summed E-state index contributed by atoms with van der Waals surface area (Å²) in [5.74, 6) is 0. The third kappa shape index (κ3) is 2.20. The molecule has 2 N–H and O–H groups in total. The van der Waals surface area contributed by atoms with Crippen LogP contribution in [0, 0.1) is 0 Å². The Morgan fingerprint density at radius 3 is 2.54 bits per heavy atom. The van der Waals surface area contributed by atoms with Crippen LogP contribution in [0.25, 0.3) is 0 Å². The molecule has 0 aliphatic heterocycles. The molecule has 1 aliphatic rings. The molecule has 1 rings (SSSR count). The summed E-state index contributed by atoms with van der Waals surface area (Å²) < 4.78 is 5.49. The van der Waals surface area contributed by atoms with Crippen LogP contribution in [0.2, 0.25) is 0 Å². The maximum absolute atomic E-state index is 6.08. The quantitative estimate of drug-likeness (QED) is 0.673. The molecule has 0 heterocycles. The smallest absolute Gasteiger partial charge is 0.119 e. The lowest BCUT2D eigenvalue weighted by Crippen LogP contribution is -2.47. The number of allylic oxidation sites excluding steroid dienone is 2. The number of hydrogen-bond donors (Lipinski definition) is 1. The van der Waals surface area contributed by atoms with E-state index in [9.17, 15) is 0 Å². The molecule has 0 amide bonds. The molecule has 0 radical (unpaired) electrons. The molecule has 0 fully saturated rings. The largest absolute Gasteiger partial charge is 0.368 e. The Balaban J connectivity index is 2.73. The first kappa shape index (κ1) is 10.5. The summed E-state index contributed by atoms with van der Waals surface area (Å²) in [6.45, 7) is 2.14. The van der Waals surface area contributed by atoms with Gasteiger partial charge in [0.2, 0.25) is 0 Å². The van der Waals surface area contributed by atoms with Crippen molar-refractivity contribution in [3.05, 3.63) is 24.3 Å². The van der Waals surface area contributed by atoms with E-state index in [-0.39, 0.29) is 11.6 Å². The van der Waals surface area contributed by atoms with E-state index in [1.165, 1.54) is 0 Å². The zero-order chi connectivity index (χ0) is 9.73. The van der Waals surface area contributed by atoms with Gasteiger partial charge in [-0.2, -0.15) is 0 Å². The maximum atomic E-state index is 6.08. The second-order valence-electron chi connectivity index (χ2n) is 3.49. The highest BCUT2D eigenvalue weighted by molar-refractivity contribution is 5.24. The topological polar surface area (TPSA) is 35.2 Å². The summed E-state index contributed by atoms with van der Waals surface area (Å²) in [6, 6.07) is 0.0651. The molecule has 13 heavy (non-hydrogen) atoms. The minimum absolute atomic E-state index is 0.0651. The third-order valence-corrected chi connectivity index (χ3v) is 2.56. The fraction of sp³-hybridized carbons (Fsp3) is 0.636. The average Bonchev–Trinajstić information content (AvgIpc) is 2.19. The van der Waals surface area contributed by atoms with E-state index in [1.807, 2.05) is 0 Å². The van der Waals surface area contributed by atoms with E-state index in [0.717, 1.165) is 19.3 Å². The van der Waals surface area contributed by atoms with Gasteiger partial charge < -0.3 is 10.5 Å². The fourth-order valence-electron chi connectivity index (χ4n) is 1.71. The Labute approximate surface area is 80.5 Å². The van der Waals surface area contributed by atoms with Crippen LogP contribution < -0.4 is 5.73 Å². The van der Waals surface area contributed by atoms with Crippen LogP contribution in [0.15, 0.2) is 24.3 Å². The number of methoxy groups -OCH3 is 1. The van der Waals surface area contributed by atoms with Crippen LogP contribution in [0.3, 0.4) is 0 Å². The molecule has 1 atom stereocenters.